The molecular formula is C10H16N4OS. The van der Waals surface area contributed by atoms with Crippen LogP contribution in [-0.4, -0.2) is 46.6 Å². The molecule has 0 spiro atoms. The Morgan fingerprint density at radius 1 is 1.62 bits per heavy atom. The van der Waals surface area contributed by atoms with E-state index >= 15 is 0 Å². The van der Waals surface area contributed by atoms with Gasteiger partial charge in [0.1, 0.15) is 4.88 Å². The van der Waals surface area contributed by atoms with Crippen molar-refractivity contribution >= 4 is 17.4 Å². The maximum Gasteiger partial charge on any atom is 0.267 e. The van der Waals surface area contributed by atoms with Gasteiger partial charge in [-0.3, -0.25) is 4.79 Å². The number of rotatable bonds is 2. The van der Waals surface area contributed by atoms with Gasteiger partial charge in [0.25, 0.3) is 5.91 Å². The quantitative estimate of drug-likeness (QED) is 0.825. The maximum atomic E-state index is 12.2. The SMILES string of the molecule is Cc1nnsc1C(=O)N(C)C1CCCNC1. The summed E-state index contributed by atoms with van der Waals surface area (Å²) in [6.45, 7) is 3.76. The Morgan fingerprint density at radius 2 is 2.44 bits per heavy atom. The largest absolute Gasteiger partial charge is 0.337 e. The minimum atomic E-state index is 0.0428. The van der Waals surface area contributed by atoms with Crippen LogP contribution >= 0.6 is 11.5 Å². The van der Waals surface area contributed by atoms with Crippen molar-refractivity contribution in [3.63, 3.8) is 0 Å². The highest BCUT2D eigenvalue weighted by Gasteiger charge is 2.25. The van der Waals surface area contributed by atoms with Crippen LogP contribution in [0.2, 0.25) is 0 Å². The van der Waals surface area contributed by atoms with Gasteiger partial charge in [-0.1, -0.05) is 4.49 Å². The zero-order valence-electron chi connectivity index (χ0n) is 9.56. The number of aromatic nitrogens is 2. The lowest BCUT2D eigenvalue weighted by molar-refractivity contribution is 0.0712. The highest BCUT2D eigenvalue weighted by atomic mass is 32.1. The normalized spacial score (nSPS) is 20.8. The van der Waals surface area contributed by atoms with Crippen LogP contribution in [0.1, 0.15) is 28.2 Å². The van der Waals surface area contributed by atoms with Crippen LogP contribution in [0.3, 0.4) is 0 Å². The van der Waals surface area contributed by atoms with Crippen molar-refractivity contribution in [2.45, 2.75) is 25.8 Å². The first-order valence-corrected chi connectivity index (χ1v) is 6.24. The van der Waals surface area contributed by atoms with E-state index in [0.717, 1.165) is 31.6 Å². The van der Waals surface area contributed by atoms with Gasteiger partial charge in [0.2, 0.25) is 0 Å². The molecule has 1 aromatic heterocycles. The average Bonchev–Trinajstić information content (AvgIpc) is 2.75. The van der Waals surface area contributed by atoms with Crippen molar-refractivity contribution in [1.82, 2.24) is 19.8 Å². The van der Waals surface area contributed by atoms with Crippen molar-refractivity contribution in [1.29, 1.82) is 0 Å². The zero-order chi connectivity index (χ0) is 11.5. The lowest BCUT2D eigenvalue weighted by Crippen LogP contribution is -2.46. The molecule has 1 fully saturated rings. The molecule has 1 aliphatic heterocycles. The molecule has 0 radical (unpaired) electrons. The van der Waals surface area contributed by atoms with Gasteiger partial charge < -0.3 is 10.2 Å². The van der Waals surface area contributed by atoms with E-state index in [2.05, 4.69) is 14.9 Å². The summed E-state index contributed by atoms with van der Waals surface area (Å²) < 4.78 is 3.80. The first-order valence-electron chi connectivity index (χ1n) is 5.47. The molecular weight excluding hydrogens is 224 g/mol. The molecule has 2 rings (SSSR count). The van der Waals surface area contributed by atoms with Gasteiger partial charge in [-0.15, -0.1) is 5.10 Å². The van der Waals surface area contributed by atoms with Gasteiger partial charge in [-0.25, -0.2) is 0 Å². The predicted octanol–water partition coefficient (Wildman–Crippen LogP) is 0.671. The average molecular weight is 240 g/mol. The van der Waals surface area contributed by atoms with Gasteiger partial charge in [-0.05, 0) is 37.8 Å². The number of piperidine rings is 1. The third-order valence-corrected chi connectivity index (χ3v) is 3.80. The van der Waals surface area contributed by atoms with Gasteiger partial charge in [0.05, 0.1) is 5.69 Å². The summed E-state index contributed by atoms with van der Waals surface area (Å²) in [4.78, 5) is 14.6. The summed E-state index contributed by atoms with van der Waals surface area (Å²) >= 11 is 1.18. The highest BCUT2D eigenvalue weighted by Crippen LogP contribution is 2.16. The minimum absolute atomic E-state index is 0.0428. The monoisotopic (exact) mass is 240 g/mol. The molecule has 1 aromatic rings. The van der Waals surface area contributed by atoms with Crippen LogP contribution in [0.15, 0.2) is 0 Å². The minimum Gasteiger partial charge on any atom is -0.337 e. The molecule has 1 unspecified atom stereocenters. The van der Waals surface area contributed by atoms with Crippen LogP contribution in [0.5, 0.6) is 0 Å². The number of aryl methyl sites for hydroxylation is 1. The molecule has 5 nitrogen and oxygen atoms in total. The van der Waals surface area contributed by atoms with E-state index in [1.165, 1.54) is 11.5 Å². The first kappa shape index (κ1) is 11.5. The standard InChI is InChI=1S/C10H16N4OS/c1-7-9(16-13-12-7)10(15)14(2)8-4-3-5-11-6-8/h8,11H,3-6H2,1-2H3. The van der Waals surface area contributed by atoms with E-state index in [4.69, 9.17) is 0 Å². The Kier molecular flexibility index (Phi) is 3.50. The summed E-state index contributed by atoms with van der Waals surface area (Å²) in [5.41, 5.74) is 0.727. The summed E-state index contributed by atoms with van der Waals surface area (Å²) in [6.07, 6.45) is 2.20. The second kappa shape index (κ2) is 4.88. The van der Waals surface area contributed by atoms with Crippen LogP contribution in [-0.2, 0) is 0 Å². The van der Waals surface area contributed by atoms with Crippen molar-refractivity contribution in [3.8, 4) is 0 Å². The van der Waals surface area contributed by atoms with Gasteiger partial charge in [0, 0.05) is 19.6 Å². The molecule has 2 heterocycles. The molecule has 16 heavy (non-hydrogen) atoms. The van der Waals surface area contributed by atoms with Crippen molar-refractivity contribution in [2.75, 3.05) is 20.1 Å². The van der Waals surface area contributed by atoms with E-state index < -0.39 is 0 Å². The highest BCUT2D eigenvalue weighted by molar-refractivity contribution is 7.07. The Bertz CT molecular complexity index is 373. The molecule has 0 aliphatic carbocycles. The second-order valence-corrected chi connectivity index (χ2v) is 4.86. The van der Waals surface area contributed by atoms with Crippen molar-refractivity contribution < 1.29 is 4.79 Å². The number of amides is 1. The van der Waals surface area contributed by atoms with Gasteiger partial charge in [0.15, 0.2) is 0 Å². The smallest absolute Gasteiger partial charge is 0.267 e. The van der Waals surface area contributed by atoms with Crippen LogP contribution in [0.4, 0.5) is 0 Å². The summed E-state index contributed by atoms with van der Waals surface area (Å²) in [7, 11) is 1.86. The second-order valence-electron chi connectivity index (χ2n) is 4.10. The van der Waals surface area contributed by atoms with E-state index in [0.29, 0.717) is 10.9 Å². The molecule has 1 N–H and O–H groups in total. The number of nitrogens with one attached hydrogen (secondary N) is 1. The van der Waals surface area contributed by atoms with Crippen molar-refractivity contribution in [2.24, 2.45) is 0 Å². The Balaban J connectivity index is 2.06. The lowest BCUT2D eigenvalue weighted by atomic mass is 10.1. The molecule has 1 aliphatic rings. The van der Waals surface area contributed by atoms with Gasteiger partial charge in [-0.2, -0.15) is 0 Å². The van der Waals surface area contributed by atoms with E-state index in [-0.39, 0.29) is 5.91 Å². The number of hydrogen-bond donors (Lipinski definition) is 1. The molecule has 0 saturated carbocycles. The Morgan fingerprint density at radius 3 is 3.00 bits per heavy atom. The molecule has 0 bridgehead atoms. The van der Waals surface area contributed by atoms with E-state index in [1.807, 2.05) is 18.9 Å². The fraction of sp³-hybridized carbons (Fsp3) is 0.700. The molecule has 1 saturated heterocycles. The number of carbonyl (C=O) groups is 1. The first-order chi connectivity index (χ1) is 7.70. The fourth-order valence-electron chi connectivity index (χ4n) is 1.92. The third kappa shape index (κ3) is 2.22. The topological polar surface area (TPSA) is 58.1 Å². The van der Waals surface area contributed by atoms with Gasteiger partial charge >= 0.3 is 0 Å². The number of hydrogen-bond acceptors (Lipinski definition) is 5. The molecule has 88 valence electrons. The number of likely N-dealkylation sites (N-methyl/N-ethyl adjacent to an activating group) is 1. The summed E-state index contributed by atoms with van der Waals surface area (Å²) in [5.74, 6) is 0.0428. The van der Waals surface area contributed by atoms with Crippen LogP contribution in [0.25, 0.3) is 0 Å². The summed E-state index contributed by atoms with van der Waals surface area (Å²) in [6, 6.07) is 0.294. The van der Waals surface area contributed by atoms with Crippen molar-refractivity contribution in [3.05, 3.63) is 10.6 Å². The third-order valence-electron chi connectivity index (χ3n) is 2.98. The number of carbonyl (C=O) groups excluding carboxylic acids is 1. The number of nitrogens with zero attached hydrogens (tertiary/aromatic N) is 3. The molecule has 1 amide bonds. The maximum absolute atomic E-state index is 12.2. The Labute approximate surface area is 99.0 Å². The molecule has 1 atom stereocenters. The Hall–Kier alpha value is -1.01. The summed E-state index contributed by atoms with van der Waals surface area (Å²) in [5, 5.41) is 7.18. The lowest BCUT2D eigenvalue weighted by Gasteiger charge is -2.31. The molecule has 6 heteroatoms. The predicted molar refractivity (Wildman–Crippen MR) is 62.6 cm³/mol. The molecule has 0 aromatic carbocycles. The zero-order valence-corrected chi connectivity index (χ0v) is 10.4. The van der Waals surface area contributed by atoms with E-state index in [9.17, 15) is 4.79 Å². The fourth-order valence-corrected chi connectivity index (χ4v) is 2.56. The van der Waals surface area contributed by atoms with Crippen LogP contribution in [0, 0.1) is 6.92 Å². The van der Waals surface area contributed by atoms with Crippen LogP contribution < -0.4 is 5.32 Å². The van der Waals surface area contributed by atoms with E-state index in [1.54, 1.807) is 0 Å².